The zero-order chi connectivity index (χ0) is 19.1. The number of aromatic nitrogens is 5. The third kappa shape index (κ3) is 2.74. The predicted octanol–water partition coefficient (Wildman–Crippen LogP) is 2.44. The number of hydrogen-bond acceptors (Lipinski definition) is 6. The number of amides is 1. The molecule has 4 heterocycles. The molecule has 5 rings (SSSR count). The maximum Gasteiger partial charge on any atom is 0.259 e. The first kappa shape index (κ1) is 16.6. The third-order valence-corrected chi connectivity index (χ3v) is 5.20. The van der Waals surface area contributed by atoms with Crippen LogP contribution in [0.15, 0.2) is 59.5 Å². The normalized spacial score (nSPS) is 19.4. The number of carbonyl (C=O) groups is 1. The minimum absolute atomic E-state index is 0.0534. The van der Waals surface area contributed by atoms with E-state index in [9.17, 15) is 4.79 Å². The Morgan fingerprint density at radius 3 is 2.75 bits per heavy atom. The van der Waals surface area contributed by atoms with E-state index in [4.69, 9.17) is 4.52 Å². The average Bonchev–Trinajstić information content (AvgIpc) is 3.46. The number of nitrogens with zero attached hydrogens (tertiary/aromatic N) is 6. The van der Waals surface area contributed by atoms with Crippen LogP contribution in [-0.2, 0) is 0 Å². The second-order valence-corrected chi connectivity index (χ2v) is 6.96. The number of aryl methyl sites for hydroxylation is 1. The van der Waals surface area contributed by atoms with Crippen LogP contribution in [0.1, 0.15) is 39.5 Å². The van der Waals surface area contributed by atoms with E-state index in [0.717, 1.165) is 5.56 Å². The van der Waals surface area contributed by atoms with Gasteiger partial charge in [-0.3, -0.25) is 4.79 Å². The molecule has 0 unspecified atom stereocenters. The lowest BCUT2D eigenvalue weighted by Crippen LogP contribution is -2.28. The quantitative estimate of drug-likeness (QED) is 0.547. The van der Waals surface area contributed by atoms with Gasteiger partial charge in [0.25, 0.3) is 5.91 Å². The molecule has 4 aromatic rings. The SMILES string of the molecule is Cc1noc([C@@H]2CN(C(=O)c3cnn4cccnc34)C[C@H]2c2ccccc2)n1. The number of benzene rings is 1. The molecule has 2 atom stereocenters. The van der Waals surface area contributed by atoms with E-state index in [-0.39, 0.29) is 17.7 Å². The molecule has 1 saturated heterocycles. The number of carbonyl (C=O) groups excluding carboxylic acids is 1. The smallest absolute Gasteiger partial charge is 0.259 e. The lowest BCUT2D eigenvalue weighted by atomic mass is 9.89. The molecule has 0 radical (unpaired) electrons. The number of rotatable bonds is 3. The van der Waals surface area contributed by atoms with E-state index in [2.05, 4.69) is 32.4 Å². The van der Waals surface area contributed by atoms with E-state index in [1.807, 2.05) is 23.1 Å². The van der Waals surface area contributed by atoms with Gasteiger partial charge in [0.05, 0.1) is 12.1 Å². The molecule has 0 N–H and O–H groups in total. The average molecular weight is 374 g/mol. The van der Waals surface area contributed by atoms with E-state index in [1.54, 1.807) is 36.1 Å². The second-order valence-electron chi connectivity index (χ2n) is 6.96. The van der Waals surface area contributed by atoms with Crippen molar-refractivity contribution in [2.75, 3.05) is 13.1 Å². The fraction of sp³-hybridized carbons (Fsp3) is 0.250. The van der Waals surface area contributed by atoms with Gasteiger partial charge < -0.3 is 9.42 Å². The van der Waals surface area contributed by atoms with E-state index >= 15 is 0 Å². The number of fused-ring (bicyclic) bond motifs is 1. The Kier molecular flexibility index (Phi) is 3.89. The monoisotopic (exact) mass is 374 g/mol. The summed E-state index contributed by atoms with van der Waals surface area (Å²) < 4.78 is 7.07. The lowest BCUT2D eigenvalue weighted by Gasteiger charge is -2.16. The Balaban J connectivity index is 1.50. The molecular formula is C20H18N6O2. The van der Waals surface area contributed by atoms with Crippen LogP contribution >= 0.6 is 0 Å². The fourth-order valence-corrected chi connectivity index (χ4v) is 3.87. The molecule has 1 aliphatic heterocycles. The van der Waals surface area contributed by atoms with Gasteiger partial charge in [-0.2, -0.15) is 10.1 Å². The van der Waals surface area contributed by atoms with Crippen LogP contribution in [0, 0.1) is 6.92 Å². The van der Waals surface area contributed by atoms with Gasteiger partial charge in [-0.05, 0) is 18.6 Å². The standard InChI is InChI=1S/C20H18N6O2/c1-13-23-19(28-24-13)17-12-25(11-16(17)14-6-3-2-4-7-14)20(27)15-10-22-26-9-5-8-21-18(15)26/h2-10,16-17H,11-12H2,1H3/t16-,17+/m0/s1. The highest BCUT2D eigenvalue weighted by atomic mass is 16.5. The summed E-state index contributed by atoms with van der Waals surface area (Å²) in [6.07, 6.45) is 5.01. The van der Waals surface area contributed by atoms with E-state index in [0.29, 0.717) is 36.0 Å². The van der Waals surface area contributed by atoms with Crippen LogP contribution < -0.4 is 0 Å². The molecule has 28 heavy (non-hydrogen) atoms. The summed E-state index contributed by atoms with van der Waals surface area (Å²) in [5.41, 5.74) is 2.20. The van der Waals surface area contributed by atoms with Crippen molar-refractivity contribution >= 4 is 11.6 Å². The molecule has 1 aromatic carbocycles. The predicted molar refractivity (Wildman–Crippen MR) is 99.8 cm³/mol. The number of hydrogen-bond donors (Lipinski definition) is 0. The Bertz CT molecular complexity index is 1140. The summed E-state index contributed by atoms with van der Waals surface area (Å²) in [4.78, 5) is 23.8. The molecule has 0 aliphatic carbocycles. The van der Waals surface area contributed by atoms with Gasteiger partial charge in [0.1, 0.15) is 5.56 Å². The summed E-state index contributed by atoms with van der Waals surface area (Å²) in [5.74, 6) is 1.11. The molecule has 3 aromatic heterocycles. The zero-order valence-electron chi connectivity index (χ0n) is 15.3. The van der Waals surface area contributed by atoms with Crippen molar-refractivity contribution in [2.45, 2.75) is 18.8 Å². The summed E-state index contributed by atoms with van der Waals surface area (Å²) in [5, 5.41) is 8.17. The highest BCUT2D eigenvalue weighted by molar-refractivity contribution is 5.99. The summed E-state index contributed by atoms with van der Waals surface area (Å²) in [6, 6.07) is 11.9. The van der Waals surface area contributed by atoms with Crippen LogP contribution in [0.5, 0.6) is 0 Å². The maximum absolute atomic E-state index is 13.2. The first-order valence-corrected chi connectivity index (χ1v) is 9.13. The van der Waals surface area contributed by atoms with Gasteiger partial charge in [-0.15, -0.1) is 0 Å². The summed E-state index contributed by atoms with van der Waals surface area (Å²) >= 11 is 0. The largest absolute Gasteiger partial charge is 0.339 e. The van der Waals surface area contributed by atoms with Crippen LogP contribution in [0.3, 0.4) is 0 Å². The second kappa shape index (κ2) is 6.56. The molecule has 140 valence electrons. The highest BCUT2D eigenvalue weighted by Crippen LogP contribution is 2.39. The molecule has 8 heteroatoms. The van der Waals surface area contributed by atoms with Gasteiger partial charge in [-0.1, -0.05) is 35.5 Å². The first-order chi connectivity index (χ1) is 13.7. The van der Waals surface area contributed by atoms with Crippen LogP contribution in [0.25, 0.3) is 5.65 Å². The van der Waals surface area contributed by atoms with E-state index in [1.165, 1.54) is 0 Å². The Morgan fingerprint density at radius 1 is 1.14 bits per heavy atom. The molecule has 1 amide bonds. The Morgan fingerprint density at radius 2 is 1.96 bits per heavy atom. The minimum Gasteiger partial charge on any atom is -0.339 e. The first-order valence-electron chi connectivity index (χ1n) is 9.13. The molecule has 0 spiro atoms. The number of likely N-dealkylation sites (tertiary alicyclic amines) is 1. The van der Waals surface area contributed by atoms with Crippen molar-refractivity contribution in [1.29, 1.82) is 0 Å². The molecule has 8 nitrogen and oxygen atoms in total. The van der Waals surface area contributed by atoms with Gasteiger partial charge in [0.15, 0.2) is 11.5 Å². The van der Waals surface area contributed by atoms with Crippen LogP contribution in [0.2, 0.25) is 0 Å². The van der Waals surface area contributed by atoms with Crippen molar-refractivity contribution in [2.24, 2.45) is 0 Å². The molecule has 0 saturated carbocycles. The van der Waals surface area contributed by atoms with Crippen molar-refractivity contribution in [3.8, 4) is 0 Å². The Labute approximate surface area is 160 Å². The Hall–Kier alpha value is -3.55. The lowest BCUT2D eigenvalue weighted by molar-refractivity contribution is 0.0789. The van der Waals surface area contributed by atoms with E-state index < -0.39 is 0 Å². The highest BCUT2D eigenvalue weighted by Gasteiger charge is 2.41. The third-order valence-electron chi connectivity index (χ3n) is 5.20. The van der Waals surface area contributed by atoms with Gasteiger partial charge >= 0.3 is 0 Å². The van der Waals surface area contributed by atoms with Crippen molar-refractivity contribution in [1.82, 2.24) is 29.6 Å². The maximum atomic E-state index is 13.2. The summed E-state index contributed by atoms with van der Waals surface area (Å²) in [6.45, 7) is 2.87. The van der Waals surface area contributed by atoms with Crippen molar-refractivity contribution < 1.29 is 9.32 Å². The molecule has 1 fully saturated rings. The van der Waals surface area contributed by atoms with Crippen LogP contribution in [-0.4, -0.2) is 48.6 Å². The zero-order valence-corrected chi connectivity index (χ0v) is 15.3. The molecular weight excluding hydrogens is 356 g/mol. The molecule has 1 aliphatic rings. The topological polar surface area (TPSA) is 89.4 Å². The fourth-order valence-electron chi connectivity index (χ4n) is 3.87. The summed E-state index contributed by atoms with van der Waals surface area (Å²) in [7, 11) is 0. The van der Waals surface area contributed by atoms with Crippen LogP contribution in [0.4, 0.5) is 0 Å². The van der Waals surface area contributed by atoms with Crippen molar-refractivity contribution in [3.63, 3.8) is 0 Å². The van der Waals surface area contributed by atoms with Gasteiger partial charge in [0.2, 0.25) is 5.89 Å². The van der Waals surface area contributed by atoms with Crippen molar-refractivity contribution in [3.05, 3.63) is 77.8 Å². The minimum atomic E-state index is -0.0895. The molecule has 0 bridgehead atoms. The van der Waals surface area contributed by atoms with Gasteiger partial charge in [-0.25, -0.2) is 9.50 Å². The van der Waals surface area contributed by atoms with Gasteiger partial charge in [0, 0.05) is 31.4 Å².